The summed E-state index contributed by atoms with van der Waals surface area (Å²) < 4.78 is 11.4. The minimum Gasteiger partial charge on any atom is -0.490 e. The molecule has 2 atom stereocenters. The van der Waals surface area contributed by atoms with Crippen molar-refractivity contribution in [3.05, 3.63) is 23.8 Å². The third-order valence-electron chi connectivity index (χ3n) is 4.84. The summed E-state index contributed by atoms with van der Waals surface area (Å²) in [4.78, 5) is 15.2. The number of hydrogen-bond acceptors (Lipinski definition) is 4. The summed E-state index contributed by atoms with van der Waals surface area (Å²) in [5.74, 6) is 1.50. The largest absolute Gasteiger partial charge is 0.490 e. The van der Waals surface area contributed by atoms with Crippen LogP contribution in [0.1, 0.15) is 49.9 Å². The van der Waals surface area contributed by atoms with Crippen molar-refractivity contribution in [1.82, 2.24) is 10.2 Å². The third-order valence-corrected chi connectivity index (χ3v) is 4.84. The maximum atomic E-state index is 13.1. The van der Waals surface area contributed by atoms with E-state index >= 15 is 0 Å². The zero-order valence-corrected chi connectivity index (χ0v) is 14.7. The van der Waals surface area contributed by atoms with Crippen molar-refractivity contribution in [3.63, 3.8) is 0 Å². The second-order valence-electron chi connectivity index (χ2n) is 6.53. The lowest BCUT2D eigenvalue weighted by Crippen LogP contribution is -2.42. The average molecular weight is 332 g/mol. The van der Waals surface area contributed by atoms with E-state index in [-0.39, 0.29) is 5.91 Å². The van der Waals surface area contributed by atoms with Crippen LogP contribution in [-0.4, -0.2) is 49.2 Å². The maximum absolute atomic E-state index is 13.1. The van der Waals surface area contributed by atoms with Crippen molar-refractivity contribution in [2.75, 3.05) is 26.3 Å². The number of fused-ring (bicyclic) bond motifs is 2. The highest BCUT2D eigenvalue weighted by molar-refractivity contribution is 5.95. The van der Waals surface area contributed by atoms with Crippen molar-refractivity contribution >= 4 is 5.91 Å². The molecule has 1 aromatic carbocycles. The zero-order chi connectivity index (χ0) is 16.9. The topological polar surface area (TPSA) is 50.8 Å². The zero-order valence-electron chi connectivity index (χ0n) is 14.7. The fourth-order valence-electron chi connectivity index (χ4n) is 3.70. The summed E-state index contributed by atoms with van der Waals surface area (Å²) in [7, 11) is 0. The summed E-state index contributed by atoms with van der Waals surface area (Å²) >= 11 is 0. The first-order valence-electron chi connectivity index (χ1n) is 9.17. The van der Waals surface area contributed by atoms with Crippen molar-refractivity contribution < 1.29 is 14.3 Å². The standard InChI is InChI=1S/C19H28N2O3/c1-3-11-24-17-8-5-14(12-18(17)23-4-2)19(22)21-15-6-7-16(21)13-20-10-9-15/h5,8,12,15-16,20H,3-4,6-7,9-11,13H2,1-2H3. The van der Waals surface area contributed by atoms with E-state index in [1.165, 1.54) is 0 Å². The molecule has 24 heavy (non-hydrogen) atoms. The van der Waals surface area contributed by atoms with Crippen LogP contribution in [0.2, 0.25) is 0 Å². The number of nitrogens with one attached hydrogen (secondary N) is 1. The Morgan fingerprint density at radius 3 is 2.79 bits per heavy atom. The summed E-state index contributed by atoms with van der Waals surface area (Å²) in [6, 6.07) is 6.26. The normalized spacial score (nSPS) is 23.0. The van der Waals surface area contributed by atoms with Gasteiger partial charge in [-0.05, 0) is 57.4 Å². The highest BCUT2D eigenvalue weighted by Gasteiger charge is 2.38. The molecule has 0 radical (unpaired) electrons. The molecule has 132 valence electrons. The molecule has 2 aliphatic rings. The molecular formula is C19H28N2O3. The average Bonchev–Trinajstić information content (AvgIpc) is 2.86. The molecule has 2 bridgehead atoms. The molecule has 2 saturated heterocycles. The number of ether oxygens (including phenoxy) is 2. The molecule has 2 unspecified atom stereocenters. The van der Waals surface area contributed by atoms with Gasteiger partial charge in [0.05, 0.1) is 13.2 Å². The van der Waals surface area contributed by atoms with Crippen LogP contribution < -0.4 is 14.8 Å². The summed E-state index contributed by atoms with van der Waals surface area (Å²) in [6.45, 7) is 7.12. The summed E-state index contributed by atoms with van der Waals surface area (Å²) in [5.41, 5.74) is 0.695. The van der Waals surface area contributed by atoms with Crippen LogP contribution in [0.4, 0.5) is 0 Å². The Labute approximate surface area is 144 Å². The van der Waals surface area contributed by atoms with Crippen LogP contribution in [0, 0.1) is 0 Å². The first-order valence-corrected chi connectivity index (χ1v) is 9.17. The summed E-state index contributed by atoms with van der Waals surface area (Å²) in [5, 5.41) is 3.44. The molecule has 1 amide bonds. The van der Waals surface area contributed by atoms with E-state index in [2.05, 4.69) is 17.1 Å². The molecule has 5 heteroatoms. The van der Waals surface area contributed by atoms with E-state index in [0.29, 0.717) is 36.6 Å². The van der Waals surface area contributed by atoms with Crippen LogP contribution in [0.25, 0.3) is 0 Å². The molecule has 2 fully saturated rings. The molecule has 1 N–H and O–H groups in total. The van der Waals surface area contributed by atoms with E-state index in [1.807, 2.05) is 25.1 Å². The van der Waals surface area contributed by atoms with Crippen molar-refractivity contribution in [2.24, 2.45) is 0 Å². The monoisotopic (exact) mass is 332 g/mol. The number of hydrogen-bond donors (Lipinski definition) is 1. The van der Waals surface area contributed by atoms with Gasteiger partial charge in [-0.3, -0.25) is 4.79 Å². The first kappa shape index (κ1) is 17.1. The Morgan fingerprint density at radius 2 is 2.00 bits per heavy atom. The van der Waals surface area contributed by atoms with E-state index < -0.39 is 0 Å². The number of carbonyl (C=O) groups excluding carboxylic acids is 1. The van der Waals surface area contributed by atoms with Crippen LogP contribution in [0.3, 0.4) is 0 Å². The van der Waals surface area contributed by atoms with Crippen LogP contribution >= 0.6 is 0 Å². The van der Waals surface area contributed by atoms with Crippen LogP contribution in [-0.2, 0) is 0 Å². The Kier molecular flexibility index (Phi) is 5.61. The van der Waals surface area contributed by atoms with Gasteiger partial charge >= 0.3 is 0 Å². The summed E-state index contributed by atoms with van der Waals surface area (Å²) in [6.07, 6.45) is 4.20. The SMILES string of the molecule is CCCOc1ccc(C(=O)N2C3CCNCC2CC3)cc1OCC. The van der Waals surface area contributed by atoms with Crippen LogP contribution in [0.15, 0.2) is 18.2 Å². The van der Waals surface area contributed by atoms with E-state index in [4.69, 9.17) is 9.47 Å². The minimum absolute atomic E-state index is 0.120. The van der Waals surface area contributed by atoms with Gasteiger partial charge in [0, 0.05) is 24.2 Å². The van der Waals surface area contributed by atoms with Gasteiger partial charge < -0.3 is 19.7 Å². The quantitative estimate of drug-likeness (QED) is 0.870. The van der Waals surface area contributed by atoms with Crippen LogP contribution in [0.5, 0.6) is 11.5 Å². The second kappa shape index (κ2) is 7.88. The molecular weight excluding hydrogens is 304 g/mol. The predicted molar refractivity (Wildman–Crippen MR) is 93.9 cm³/mol. The van der Waals surface area contributed by atoms with E-state index in [1.54, 1.807) is 0 Å². The van der Waals surface area contributed by atoms with E-state index in [9.17, 15) is 4.79 Å². The lowest BCUT2D eigenvalue weighted by molar-refractivity contribution is 0.0679. The molecule has 3 rings (SSSR count). The molecule has 0 aliphatic carbocycles. The Hall–Kier alpha value is -1.75. The molecule has 5 nitrogen and oxygen atoms in total. The van der Waals surface area contributed by atoms with E-state index in [0.717, 1.165) is 44.5 Å². The Balaban J connectivity index is 1.82. The van der Waals surface area contributed by atoms with Gasteiger partial charge in [-0.25, -0.2) is 0 Å². The predicted octanol–water partition coefficient (Wildman–Crippen LogP) is 2.84. The minimum atomic E-state index is 0.120. The molecule has 1 aromatic rings. The second-order valence-corrected chi connectivity index (χ2v) is 6.53. The number of benzene rings is 1. The third kappa shape index (κ3) is 3.51. The number of rotatable bonds is 6. The highest BCUT2D eigenvalue weighted by atomic mass is 16.5. The molecule has 0 spiro atoms. The lowest BCUT2D eigenvalue weighted by Gasteiger charge is -2.28. The fraction of sp³-hybridized carbons (Fsp3) is 0.632. The van der Waals surface area contributed by atoms with Gasteiger partial charge in [-0.15, -0.1) is 0 Å². The Bertz CT molecular complexity index is 562. The van der Waals surface area contributed by atoms with Gasteiger partial charge in [0.15, 0.2) is 11.5 Å². The van der Waals surface area contributed by atoms with Gasteiger partial charge in [0.1, 0.15) is 0 Å². The number of carbonyl (C=O) groups is 1. The number of nitrogens with zero attached hydrogens (tertiary/aromatic N) is 1. The number of amides is 1. The van der Waals surface area contributed by atoms with Crippen molar-refractivity contribution in [1.29, 1.82) is 0 Å². The molecule has 2 heterocycles. The lowest BCUT2D eigenvalue weighted by atomic mass is 10.1. The Morgan fingerprint density at radius 1 is 1.17 bits per heavy atom. The van der Waals surface area contributed by atoms with Gasteiger partial charge in [-0.2, -0.15) is 0 Å². The molecule has 0 saturated carbocycles. The highest BCUT2D eigenvalue weighted by Crippen LogP contribution is 2.33. The van der Waals surface area contributed by atoms with Gasteiger partial charge in [-0.1, -0.05) is 6.92 Å². The van der Waals surface area contributed by atoms with Crippen molar-refractivity contribution in [2.45, 2.75) is 51.6 Å². The van der Waals surface area contributed by atoms with Crippen molar-refractivity contribution in [3.8, 4) is 11.5 Å². The molecule has 2 aliphatic heterocycles. The molecule has 0 aromatic heterocycles. The maximum Gasteiger partial charge on any atom is 0.254 e. The first-order chi connectivity index (χ1) is 11.7. The smallest absolute Gasteiger partial charge is 0.254 e. The van der Waals surface area contributed by atoms with Gasteiger partial charge in [0.2, 0.25) is 0 Å². The fourth-order valence-corrected chi connectivity index (χ4v) is 3.70. The van der Waals surface area contributed by atoms with Gasteiger partial charge in [0.25, 0.3) is 5.91 Å².